The van der Waals surface area contributed by atoms with Gasteiger partial charge in [-0.05, 0) is 60.3 Å². The Hall–Kier alpha value is -2.35. The van der Waals surface area contributed by atoms with E-state index in [0.717, 1.165) is 25.3 Å². The molecule has 4 heterocycles. The van der Waals surface area contributed by atoms with Crippen LogP contribution < -0.4 is 5.32 Å². The molecule has 0 saturated heterocycles. The molecule has 8 nitrogen and oxygen atoms in total. The van der Waals surface area contributed by atoms with Gasteiger partial charge in [-0.25, -0.2) is 4.79 Å². The summed E-state index contributed by atoms with van der Waals surface area (Å²) in [5, 5.41) is 19.1. The molecule has 8 heteroatoms. The molecular formula is C31H54N6O2. The summed E-state index contributed by atoms with van der Waals surface area (Å²) < 4.78 is 5.56. The van der Waals surface area contributed by atoms with Gasteiger partial charge in [0.25, 0.3) is 0 Å². The predicted molar refractivity (Wildman–Crippen MR) is 158 cm³/mol. The lowest BCUT2D eigenvalue weighted by molar-refractivity contribution is 0.0137. The van der Waals surface area contributed by atoms with E-state index in [9.17, 15) is 4.79 Å². The lowest BCUT2D eigenvalue weighted by atomic mass is 9.94. The van der Waals surface area contributed by atoms with E-state index in [0.29, 0.717) is 18.5 Å². The maximum Gasteiger partial charge on any atom is 0.410 e. The van der Waals surface area contributed by atoms with Crippen LogP contribution in [0.3, 0.4) is 0 Å². The highest BCUT2D eigenvalue weighted by atomic mass is 16.6. The number of nitrogens with one attached hydrogen (secondary N) is 3. The standard InChI is InChI=1S/C17H27N3O2.C12H19N3.2CH4/c1-11-9-14-13(10-20(11)16(21)22-17(2,3)4)15(19-18-14)12-7-5-6-8-12;1-8-6-11-10(7-13-8)12(15-14-11)9-4-2-3-5-9;;/h11-12H,5-10H2,1-4H3,(H,18,19);8-9,13H,2-7H2,1H3,(H,14,15);2*1H4/t11-;8-;;/m11../s1. The van der Waals surface area contributed by atoms with Crippen molar-refractivity contribution in [1.29, 1.82) is 0 Å². The number of aromatic amines is 2. The van der Waals surface area contributed by atoms with E-state index < -0.39 is 5.60 Å². The number of hydrogen-bond acceptors (Lipinski definition) is 5. The maximum atomic E-state index is 12.5. The van der Waals surface area contributed by atoms with Gasteiger partial charge in [0.15, 0.2) is 0 Å². The Morgan fingerprint density at radius 1 is 0.846 bits per heavy atom. The number of nitrogens with zero attached hydrogens (tertiary/aromatic N) is 3. The van der Waals surface area contributed by atoms with E-state index in [1.54, 1.807) is 0 Å². The summed E-state index contributed by atoms with van der Waals surface area (Å²) in [6.45, 7) is 11.7. The summed E-state index contributed by atoms with van der Waals surface area (Å²) in [7, 11) is 0. The molecule has 39 heavy (non-hydrogen) atoms. The zero-order valence-corrected chi connectivity index (χ0v) is 23.5. The number of fused-ring (bicyclic) bond motifs is 2. The molecule has 0 unspecified atom stereocenters. The number of carbonyl (C=O) groups is 1. The lowest BCUT2D eigenvalue weighted by Gasteiger charge is -2.35. The first-order valence-corrected chi connectivity index (χ1v) is 14.5. The minimum atomic E-state index is -0.457. The van der Waals surface area contributed by atoms with Crippen LogP contribution >= 0.6 is 0 Å². The smallest absolute Gasteiger partial charge is 0.410 e. The molecule has 2 aromatic heterocycles. The topological polar surface area (TPSA) is 98.9 Å². The summed E-state index contributed by atoms with van der Waals surface area (Å²) in [6.07, 6.45) is 12.2. The first-order chi connectivity index (χ1) is 17.7. The average molecular weight is 543 g/mol. The highest BCUT2D eigenvalue weighted by molar-refractivity contribution is 5.69. The van der Waals surface area contributed by atoms with Crippen molar-refractivity contribution in [3.05, 3.63) is 33.9 Å². The van der Waals surface area contributed by atoms with Crippen LogP contribution in [-0.2, 0) is 30.7 Å². The van der Waals surface area contributed by atoms with Crippen molar-refractivity contribution in [3.8, 4) is 0 Å². The van der Waals surface area contributed by atoms with Gasteiger partial charge >= 0.3 is 6.09 Å². The van der Waals surface area contributed by atoms with Crippen LogP contribution in [0.15, 0.2) is 0 Å². The van der Waals surface area contributed by atoms with E-state index in [2.05, 4.69) is 39.6 Å². The Labute approximate surface area is 236 Å². The predicted octanol–water partition coefficient (Wildman–Crippen LogP) is 7.12. The molecule has 2 fully saturated rings. The second-order valence-electron chi connectivity index (χ2n) is 12.7. The summed E-state index contributed by atoms with van der Waals surface area (Å²) in [6, 6.07) is 0.730. The molecule has 220 valence electrons. The Bertz CT molecular complexity index is 1070. The molecule has 0 bridgehead atoms. The van der Waals surface area contributed by atoms with Crippen molar-refractivity contribution < 1.29 is 9.53 Å². The molecule has 2 aliphatic heterocycles. The molecule has 2 atom stereocenters. The van der Waals surface area contributed by atoms with Crippen LogP contribution in [0, 0.1) is 0 Å². The number of carbonyl (C=O) groups excluding carboxylic acids is 1. The minimum Gasteiger partial charge on any atom is -0.444 e. The third kappa shape index (κ3) is 7.05. The Kier molecular flexibility index (Phi) is 10.3. The maximum absolute atomic E-state index is 12.5. The largest absolute Gasteiger partial charge is 0.444 e. The van der Waals surface area contributed by atoms with Crippen LogP contribution in [0.2, 0.25) is 0 Å². The SMILES string of the molecule is C.C.C[C@@H]1Cc2[nH]nc(C3CCCC3)c2CN1.C[C@@H]1Cc2[nH]nc(C3CCCC3)c2CN1C(=O)OC(C)(C)C. The summed E-state index contributed by atoms with van der Waals surface area (Å²) >= 11 is 0. The lowest BCUT2D eigenvalue weighted by Crippen LogP contribution is -2.45. The van der Waals surface area contributed by atoms with Gasteiger partial charge in [-0.1, -0.05) is 40.5 Å². The number of ether oxygens (including phenoxy) is 1. The fraction of sp³-hybridized carbons (Fsp3) is 0.774. The molecule has 4 aliphatic rings. The van der Waals surface area contributed by atoms with E-state index in [1.165, 1.54) is 85.3 Å². The zero-order valence-electron chi connectivity index (χ0n) is 23.5. The van der Waals surface area contributed by atoms with E-state index >= 15 is 0 Å². The minimum absolute atomic E-state index is 0. The van der Waals surface area contributed by atoms with Gasteiger partial charge in [0.1, 0.15) is 5.60 Å². The van der Waals surface area contributed by atoms with Crippen LogP contribution in [0.25, 0.3) is 0 Å². The van der Waals surface area contributed by atoms with Crippen molar-refractivity contribution in [2.45, 2.75) is 156 Å². The van der Waals surface area contributed by atoms with Crippen molar-refractivity contribution in [2.75, 3.05) is 0 Å². The van der Waals surface area contributed by atoms with Gasteiger partial charge in [0.05, 0.1) is 17.9 Å². The Morgan fingerprint density at radius 2 is 1.36 bits per heavy atom. The number of amides is 1. The second kappa shape index (κ2) is 12.9. The Morgan fingerprint density at radius 3 is 1.90 bits per heavy atom. The van der Waals surface area contributed by atoms with E-state index in [4.69, 9.17) is 4.74 Å². The summed E-state index contributed by atoms with van der Waals surface area (Å²) in [4.78, 5) is 14.3. The molecule has 2 aromatic rings. The Balaban J connectivity index is 0.000000217. The molecule has 6 rings (SSSR count). The fourth-order valence-electron chi connectivity index (χ4n) is 6.57. The number of H-pyrrole nitrogens is 2. The van der Waals surface area contributed by atoms with Gasteiger partial charge in [0, 0.05) is 65.8 Å². The quantitative estimate of drug-likeness (QED) is 0.375. The molecule has 2 aliphatic carbocycles. The van der Waals surface area contributed by atoms with E-state index in [-0.39, 0.29) is 27.0 Å². The molecule has 0 radical (unpaired) electrons. The molecule has 1 amide bonds. The van der Waals surface area contributed by atoms with Gasteiger partial charge in [-0.2, -0.15) is 10.2 Å². The normalized spacial score (nSPS) is 23.2. The second-order valence-corrected chi connectivity index (χ2v) is 12.7. The van der Waals surface area contributed by atoms with Crippen molar-refractivity contribution in [1.82, 2.24) is 30.6 Å². The van der Waals surface area contributed by atoms with Gasteiger partial charge in [-0.15, -0.1) is 0 Å². The van der Waals surface area contributed by atoms with Crippen LogP contribution in [-0.4, -0.2) is 49.1 Å². The van der Waals surface area contributed by atoms with Crippen LogP contribution in [0.1, 0.15) is 147 Å². The molecular weight excluding hydrogens is 488 g/mol. The molecule has 0 spiro atoms. The average Bonchev–Trinajstić information content (AvgIpc) is 3.63. The van der Waals surface area contributed by atoms with Crippen molar-refractivity contribution in [3.63, 3.8) is 0 Å². The first-order valence-electron chi connectivity index (χ1n) is 14.5. The summed E-state index contributed by atoms with van der Waals surface area (Å²) in [5.74, 6) is 1.30. The highest BCUT2D eigenvalue weighted by Gasteiger charge is 2.35. The number of aromatic nitrogens is 4. The monoisotopic (exact) mass is 542 g/mol. The van der Waals surface area contributed by atoms with Gasteiger partial charge < -0.3 is 15.0 Å². The molecule has 0 aromatic carbocycles. The van der Waals surface area contributed by atoms with Crippen LogP contribution in [0.5, 0.6) is 0 Å². The molecule has 3 N–H and O–H groups in total. The first kappa shape index (κ1) is 31.2. The third-order valence-electron chi connectivity index (χ3n) is 8.58. The highest BCUT2D eigenvalue weighted by Crippen LogP contribution is 2.38. The van der Waals surface area contributed by atoms with Gasteiger partial charge in [-0.3, -0.25) is 10.2 Å². The zero-order chi connectivity index (χ0) is 26.2. The van der Waals surface area contributed by atoms with Crippen molar-refractivity contribution in [2.24, 2.45) is 0 Å². The van der Waals surface area contributed by atoms with E-state index in [1.807, 2.05) is 25.7 Å². The van der Waals surface area contributed by atoms with Gasteiger partial charge in [0.2, 0.25) is 0 Å². The number of rotatable bonds is 2. The molecule has 2 saturated carbocycles. The summed E-state index contributed by atoms with van der Waals surface area (Å²) in [5.41, 5.74) is 7.38. The van der Waals surface area contributed by atoms with Crippen LogP contribution in [0.4, 0.5) is 4.79 Å². The third-order valence-corrected chi connectivity index (χ3v) is 8.58. The number of hydrogen-bond donors (Lipinski definition) is 3. The fourth-order valence-corrected chi connectivity index (χ4v) is 6.57. The van der Waals surface area contributed by atoms with Crippen molar-refractivity contribution >= 4 is 6.09 Å².